The van der Waals surface area contributed by atoms with Crippen molar-refractivity contribution in [2.75, 3.05) is 19.6 Å². The molecule has 1 aliphatic rings. The zero-order chi connectivity index (χ0) is 17.0. The molecule has 3 rings (SSSR count). The van der Waals surface area contributed by atoms with Crippen molar-refractivity contribution in [1.29, 1.82) is 0 Å². The van der Waals surface area contributed by atoms with E-state index in [0.717, 1.165) is 37.3 Å². The van der Waals surface area contributed by atoms with Crippen LogP contribution in [0, 0.1) is 5.41 Å². The predicted molar refractivity (Wildman–Crippen MR) is 108 cm³/mol. The van der Waals surface area contributed by atoms with E-state index in [1.54, 1.807) is 6.20 Å². The Balaban J connectivity index is 0.00000169. The molecular formula is C19H27Cl2N3O2. The predicted octanol–water partition coefficient (Wildman–Crippen LogP) is 3.71. The van der Waals surface area contributed by atoms with E-state index in [1.807, 2.05) is 35.2 Å². The van der Waals surface area contributed by atoms with E-state index >= 15 is 0 Å². The number of aryl methyl sites for hydroxylation is 1. The highest BCUT2D eigenvalue weighted by atomic mass is 35.5. The summed E-state index contributed by atoms with van der Waals surface area (Å²) in [5, 5.41) is 0. The van der Waals surface area contributed by atoms with Gasteiger partial charge in [0.05, 0.1) is 6.20 Å². The Bertz CT molecular complexity index is 693. The fourth-order valence-electron chi connectivity index (χ4n) is 3.11. The van der Waals surface area contributed by atoms with E-state index in [0.29, 0.717) is 25.3 Å². The number of hydrogen-bond donors (Lipinski definition) is 1. The van der Waals surface area contributed by atoms with Gasteiger partial charge in [-0.15, -0.1) is 24.8 Å². The Hall–Kier alpha value is -1.56. The SMILES string of the molecule is CC1(CN)CCN(C(=O)CCCc2ncc(-c3ccccc3)o2)C1.Cl.Cl. The molecule has 0 saturated carbocycles. The molecule has 0 aliphatic carbocycles. The Morgan fingerprint density at radius 2 is 2.04 bits per heavy atom. The molecule has 1 aliphatic heterocycles. The first kappa shape index (κ1) is 22.5. The lowest BCUT2D eigenvalue weighted by Crippen LogP contribution is -2.34. The van der Waals surface area contributed by atoms with Gasteiger partial charge in [-0.3, -0.25) is 4.79 Å². The number of oxazole rings is 1. The Labute approximate surface area is 167 Å². The molecule has 26 heavy (non-hydrogen) atoms. The highest BCUT2D eigenvalue weighted by molar-refractivity contribution is 5.85. The standard InChI is InChI=1S/C19H25N3O2.2ClH/c1-19(13-20)10-11-22(14-19)18(23)9-5-8-17-21-12-16(24-17)15-6-3-2-4-7-15;;/h2-4,6-7,12H,5,8-11,13-14,20H2,1H3;2*1H. The molecule has 2 aromatic rings. The summed E-state index contributed by atoms with van der Waals surface area (Å²) in [6.45, 7) is 4.39. The molecular weight excluding hydrogens is 373 g/mol. The molecule has 1 amide bonds. The normalized spacial score (nSPS) is 18.9. The molecule has 0 radical (unpaired) electrons. The number of nitrogens with two attached hydrogens (primary N) is 1. The summed E-state index contributed by atoms with van der Waals surface area (Å²) in [6, 6.07) is 9.91. The third-order valence-electron chi connectivity index (χ3n) is 4.80. The molecule has 1 aromatic heterocycles. The van der Waals surface area contributed by atoms with E-state index in [-0.39, 0.29) is 36.1 Å². The van der Waals surface area contributed by atoms with Gasteiger partial charge in [-0.2, -0.15) is 0 Å². The second kappa shape index (κ2) is 9.95. The molecule has 144 valence electrons. The number of hydrogen-bond acceptors (Lipinski definition) is 4. The molecule has 1 saturated heterocycles. The van der Waals surface area contributed by atoms with E-state index in [4.69, 9.17) is 10.2 Å². The number of halogens is 2. The topological polar surface area (TPSA) is 72.4 Å². The molecule has 5 nitrogen and oxygen atoms in total. The minimum Gasteiger partial charge on any atom is -0.441 e. The first-order valence-electron chi connectivity index (χ1n) is 8.58. The summed E-state index contributed by atoms with van der Waals surface area (Å²) in [5.41, 5.74) is 6.90. The largest absolute Gasteiger partial charge is 0.441 e. The van der Waals surface area contributed by atoms with Crippen LogP contribution in [0.5, 0.6) is 0 Å². The minimum absolute atomic E-state index is 0. The number of aromatic nitrogens is 1. The van der Waals surface area contributed by atoms with Gasteiger partial charge >= 0.3 is 0 Å². The zero-order valence-corrected chi connectivity index (χ0v) is 16.7. The molecule has 0 bridgehead atoms. The van der Waals surface area contributed by atoms with Crippen molar-refractivity contribution in [1.82, 2.24) is 9.88 Å². The lowest BCUT2D eigenvalue weighted by atomic mass is 9.90. The van der Waals surface area contributed by atoms with Crippen LogP contribution in [0.4, 0.5) is 0 Å². The van der Waals surface area contributed by atoms with Crippen molar-refractivity contribution < 1.29 is 9.21 Å². The van der Waals surface area contributed by atoms with E-state index in [1.165, 1.54) is 0 Å². The summed E-state index contributed by atoms with van der Waals surface area (Å²) < 4.78 is 5.77. The molecule has 1 unspecified atom stereocenters. The van der Waals surface area contributed by atoms with Crippen molar-refractivity contribution in [2.45, 2.75) is 32.6 Å². The summed E-state index contributed by atoms with van der Waals surface area (Å²) in [7, 11) is 0. The zero-order valence-electron chi connectivity index (χ0n) is 15.0. The van der Waals surface area contributed by atoms with Crippen LogP contribution < -0.4 is 5.73 Å². The number of nitrogens with zero attached hydrogens (tertiary/aromatic N) is 2. The number of likely N-dealkylation sites (tertiary alicyclic amines) is 1. The van der Waals surface area contributed by atoms with Gasteiger partial charge in [-0.1, -0.05) is 37.3 Å². The number of benzene rings is 1. The summed E-state index contributed by atoms with van der Waals surface area (Å²) >= 11 is 0. The van der Waals surface area contributed by atoms with Crippen molar-refractivity contribution in [2.24, 2.45) is 11.1 Å². The van der Waals surface area contributed by atoms with Crippen LogP contribution in [0.3, 0.4) is 0 Å². The van der Waals surface area contributed by atoms with Gasteiger partial charge in [0.2, 0.25) is 5.91 Å². The number of rotatable bonds is 6. The van der Waals surface area contributed by atoms with E-state index < -0.39 is 0 Å². The molecule has 7 heteroatoms. The van der Waals surface area contributed by atoms with E-state index in [9.17, 15) is 4.79 Å². The maximum atomic E-state index is 12.3. The summed E-state index contributed by atoms with van der Waals surface area (Å²) in [4.78, 5) is 18.6. The Kier molecular flexibility index (Phi) is 8.60. The maximum absolute atomic E-state index is 12.3. The molecule has 2 heterocycles. The number of amides is 1. The molecule has 2 N–H and O–H groups in total. The number of carbonyl (C=O) groups is 1. The quantitative estimate of drug-likeness (QED) is 0.803. The maximum Gasteiger partial charge on any atom is 0.222 e. The smallest absolute Gasteiger partial charge is 0.222 e. The van der Waals surface area contributed by atoms with Crippen LogP contribution in [0.15, 0.2) is 40.9 Å². The van der Waals surface area contributed by atoms with Crippen LogP contribution in [-0.2, 0) is 11.2 Å². The van der Waals surface area contributed by atoms with Crippen molar-refractivity contribution in [3.63, 3.8) is 0 Å². The van der Waals surface area contributed by atoms with Crippen molar-refractivity contribution in [3.05, 3.63) is 42.4 Å². The van der Waals surface area contributed by atoms with Gasteiger partial charge in [0.15, 0.2) is 11.7 Å². The second-order valence-electron chi connectivity index (χ2n) is 6.92. The summed E-state index contributed by atoms with van der Waals surface area (Å²) in [6.07, 6.45) is 4.71. The molecule has 1 aromatic carbocycles. The third kappa shape index (κ3) is 5.47. The second-order valence-corrected chi connectivity index (χ2v) is 6.92. The van der Waals surface area contributed by atoms with E-state index in [2.05, 4.69) is 11.9 Å². The van der Waals surface area contributed by atoms with Crippen LogP contribution in [0.2, 0.25) is 0 Å². The van der Waals surface area contributed by atoms with Crippen LogP contribution >= 0.6 is 24.8 Å². The van der Waals surface area contributed by atoms with Crippen LogP contribution in [-0.4, -0.2) is 35.4 Å². The van der Waals surface area contributed by atoms with Gasteiger partial charge < -0.3 is 15.1 Å². The molecule has 0 spiro atoms. The third-order valence-corrected chi connectivity index (χ3v) is 4.80. The molecule has 1 atom stereocenters. The van der Waals surface area contributed by atoms with Crippen molar-refractivity contribution in [3.8, 4) is 11.3 Å². The summed E-state index contributed by atoms with van der Waals surface area (Å²) in [5.74, 6) is 1.67. The first-order chi connectivity index (χ1) is 11.6. The minimum atomic E-state index is 0. The van der Waals surface area contributed by atoms with Gasteiger partial charge in [-0.25, -0.2) is 4.98 Å². The number of carbonyl (C=O) groups excluding carboxylic acids is 1. The highest BCUT2D eigenvalue weighted by Gasteiger charge is 2.34. The van der Waals surface area contributed by atoms with Gasteiger partial charge in [0, 0.05) is 31.5 Å². The average Bonchev–Trinajstić information content (AvgIpc) is 3.23. The van der Waals surface area contributed by atoms with Crippen molar-refractivity contribution >= 4 is 30.7 Å². The first-order valence-corrected chi connectivity index (χ1v) is 8.58. The Morgan fingerprint density at radius 3 is 2.69 bits per heavy atom. The van der Waals surface area contributed by atoms with Gasteiger partial charge in [-0.05, 0) is 24.8 Å². The lowest BCUT2D eigenvalue weighted by Gasteiger charge is -2.22. The van der Waals surface area contributed by atoms with Gasteiger partial charge in [0.1, 0.15) is 0 Å². The van der Waals surface area contributed by atoms with Gasteiger partial charge in [0.25, 0.3) is 0 Å². The van der Waals surface area contributed by atoms with Crippen LogP contribution in [0.25, 0.3) is 11.3 Å². The average molecular weight is 400 g/mol. The Morgan fingerprint density at radius 1 is 1.31 bits per heavy atom. The lowest BCUT2D eigenvalue weighted by molar-refractivity contribution is -0.130. The fraction of sp³-hybridized carbons (Fsp3) is 0.474. The van der Waals surface area contributed by atoms with Crippen LogP contribution in [0.1, 0.15) is 32.1 Å². The molecule has 1 fully saturated rings. The highest BCUT2D eigenvalue weighted by Crippen LogP contribution is 2.29. The fourth-order valence-corrected chi connectivity index (χ4v) is 3.11. The monoisotopic (exact) mass is 399 g/mol.